The standard InChI is InChI=1S/C12H15N3OS2/c1-3-16-10-8-6-5-7-9(10)13-11-14-15-12(18-11)17-4-2/h5-8H,3-4H2,1-2H3,(H,13,14). The lowest BCUT2D eigenvalue weighted by Gasteiger charge is -2.09. The Morgan fingerprint density at radius 3 is 2.89 bits per heavy atom. The molecule has 0 aliphatic heterocycles. The van der Waals surface area contributed by atoms with Crippen LogP contribution in [-0.2, 0) is 0 Å². The van der Waals surface area contributed by atoms with Gasteiger partial charge in [-0.15, -0.1) is 10.2 Å². The largest absolute Gasteiger partial charge is 0.492 e. The lowest BCUT2D eigenvalue weighted by atomic mass is 10.3. The van der Waals surface area contributed by atoms with E-state index in [1.165, 1.54) is 0 Å². The predicted molar refractivity (Wildman–Crippen MR) is 77.2 cm³/mol. The Kier molecular flexibility index (Phi) is 4.83. The molecule has 0 bridgehead atoms. The van der Waals surface area contributed by atoms with Crippen molar-refractivity contribution in [3.63, 3.8) is 0 Å². The van der Waals surface area contributed by atoms with Gasteiger partial charge in [0.05, 0.1) is 12.3 Å². The first kappa shape index (κ1) is 13.2. The van der Waals surface area contributed by atoms with E-state index in [0.717, 1.165) is 26.7 Å². The summed E-state index contributed by atoms with van der Waals surface area (Å²) in [6.45, 7) is 4.72. The second-order valence-corrected chi connectivity index (χ2v) is 5.85. The predicted octanol–water partition coefficient (Wildman–Crippen LogP) is 3.79. The molecule has 0 radical (unpaired) electrons. The molecule has 4 nitrogen and oxygen atoms in total. The van der Waals surface area contributed by atoms with E-state index in [4.69, 9.17) is 4.74 Å². The summed E-state index contributed by atoms with van der Waals surface area (Å²) in [5.74, 6) is 1.84. The third kappa shape index (κ3) is 3.36. The topological polar surface area (TPSA) is 47.0 Å². The Labute approximate surface area is 115 Å². The zero-order chi connectivity index (χ0) is 12.8. The summed E-state index contributed by atoms with van der Waals surface area (Å²) in [7, 11) is 0. The van der Waals surface area contributed by atoms with Crippen LogP contribution in [0.3, 0.4) is 0 Å². The van der Waals surface area contributed by atoms with Crippen LogP contribution in [0.4, 0.5) is 10.8 Å². The molecule has 6 heteroatoms. The highest BCUT2D eigenvalue weighted by molar-refractivity contribution is 8.01. The summed E-state index contributed by atoms with van der Waals surface area (Å²) in [6.07, 6.45) is 0. The van der Waals surface area contributed by atoms with Crippen molar-refractivity contribution in [2.75, 3.05) is 17.7 Å². The van der Waals surface area contributed by atoms with Crippen LogP contribution in [0, 0.1) is 0 Å². The van der Waals surface area contributed by atoms with E-state index < -0.39 is 0 Å². The minimum absolute atomic E-state index is 0.645. The van der Waals surface area contributed by atoms with E-state index in [2.05, 4.69) is 22.4 Å². The zero-order valence-corrected chi connectivity index (χ0v) is 12.0. The molecule has 2 aromatic rings. The molecule has 0 fully saturated rings. The molecule has 0 aliphatic carbocycles. The quantitative estimate of drug-likeness (QED) is 0.816. The van der Waals surface area contributed by atoms with Crippen molar-refractivity contribution < 1.29 is 4.74 Å². The molecular weight excluding hydrogens is 266 g/mol. The van der Waals surface area contributed by atoms with Gasteiger partial charge >= 0.3 is 0 Å². The fraction of sp³-hybridized carbons (Fsp3) is 0.333. The molecule has 0 aliphatic rings. The molecule has 0 saturated heterocycles. The van der Waals surface area contributed by atoms with Gasteiger partial charge in [-0.25, -0.2) is 0 Å². The maximum absolute atomic E-state index is 5.55. The fourth-order valence-corrected chi connectivity index (χ4v) is 3.07. The van der Waals surface area contributed by atoms with E-state index in [9.17, 15) is 0 Å². The van der Waals surface area contributed by atoms with Crippen molar-refractivity contribution in [2.24, 2.45) is 0 Å². The third-order valence-electron chi connectivity index (χ3n) is 2.10. The number of nitrogens with one attached hydrogen (secondary N) is 1. The average molecular weight is 281 g/mol. The van der Waals surface area contributed by atoms with Crippen LogP contribution < -0.4 is 10.1 Å². The molecule has 2 rings (SSSR count). The van der Waals surface area contributed by atoms with Gasteiger partial charge in [0, 0.05) is 0 Å². The molecule has 96 valence electrons. The van der Waals surface area contributed by atoms with E-state index in [1.54, 1.807) is 23.1 Å². The average Bonchev–Trinajstić information content (AvgIpc) is 2.80. The lowest BCUT2D eigenvalue weighted by Crippen LogP contribution is -1.97. The first-order chi connectivity index (χ1) is 8.83. The molecule has 0 spiro atoms. The first-order valence-electron chi connectivity index (χ1n) is 5.78. The van der Waals surface area contributed by atoms with E-state index in [0.29, 0.717) is 6.61 Å². The van der Waals surface area contributed by atoms with Gasteiger partial charge in [-0.3, -0.25) is 0 Å². The third-order valence-corrected chi connectivity index (χ3v) is 3.96. The van der Waals surface area contributed by atoms with Crippen molar-refractivity contribution in [1.29, 1.82) is 0 Å². The first-order valence-corrected chi connectivity index (χ1v) is 7.58. The summed E-state index contributed by atoms with van der Waals surface area (Å²) in [6, 6.07) is 7.83. The van der Waals surface area contributed by atoms with Gasteiger partial charge in [-0.2, -0.15) is 0 Å². The molecule has 18 heavy (non-hydrogen) atoms. The lowest BCUT2D eigenvalue weighted by molar-refractivity contribution is 0.342. The van der Waals surface area contributed by atoms with Gasteiger partial charge in [0.2, 0.25) is 5.13 Å². The summed E-state index contributed by atoms with van der Waals surface area (Å²) in [5.41, 5.74) is 0.920. The van der Waals surface area contributed by atoms with E-state index in [-0.39, 0.29) is 0 Å². The smallest absolute Gasteiger partial charge is 0.210 e. The molecule has 0 amide bonds. The minimum atomic E-state index is 0.645. The highest BCUT2D eigenvalue weighted by Crippen LogP contribution is 2.31. The van der Waals surface area contributed by atoms with E-state index >= 15 is 0 Å². The Morgan fingerprint density at radius 1 is 1.28 bits per heavy atom. The van der Waals surface area contributed by atoms with Crippen molar-refractivity contribution in [2.45, 2.75) is 18.2 Å². The zero-order valence-electron chi connectivity index (χ0n) is 10.3. The van der Waals surface area contributed by atoms with Crippen molar-refractivity contribution >= 4 is 33.9 Å². The number of para-hydroxylation sites is 2. The van der Waals surface area contributed by atoms with Gasteiger partial charge in [0.25, 0.3) is 0 Å². The summed E-state index contributed by atoms with van der Waals surface area (Å²) < 4.78 is 6.53. The number of ether oxygens (including phenoxy) is 1. The van der Waals surface area contributed by atoms with Crippen LogP contribution >= 0.6 is 23.1 Å². The second-order valence-electron chi connectivity index (χ2n) is 3.36. The second kappa shape index (κ2) is 6.61. The van der Waals surface area contributed by atoms with Crippen molar-refractivity contribution in [1.82, 2.24) is 10.2 Å². The number of thioether (sulfide) groups is 1. The van der Waals surface area contributed by atoms with Gasteiger partial charge in [-0.1, -0.05) is 42.2 Å². The number of hydrogen-bond donors (Lipinski definition) is 1. The maximum Gasteiger partial charge on any atom is 0.210 e. The number of nitrogens with zero attached hydrogens (tertiary/aromatic N) is 2. The van der Waals surface area contributed by atoms with Crippen LogP contribution in [0.2, 0.25) is 0 Å². The Morgan fingerprint density at radius 2 is 2.11 bits per heavy atom. The number of benzene rings is 1. The van der Waals surface area contributed by atoms with Gasteiger partial charge in [0.1, 0.15) is 5.75 Å². The van der Waals surface area contributed by atoms with Crippen LogP contribution in [0.25, 0.3) is 0 Å². The van der Waals surface area contributed by atoms with Crippen LogP contribution in [0.1, 0.15) is 13.8 Å². The highest BCUT2D eigenvalue weighted by Gasteiger charge is 2.07. The Hall–Kier alpha value is -1.27. The summed E-state index contributed by atoms with van der Waals surface area (Å²) in [4.78, 5) is 0. The normalized spacial score (nSPS) is 10.3. The number of anilines is 2. The molecule has 0 atom stereocenters. The van der Waals surface area contributed by atoms with Crippen LogP contribution in [0.15, 0.2) is 28.6 Å². The van der Waals surface area contributed by atoms with Crippen LogP contribution in [-0.4, -0.2) is 22.6 Å². The molecule has 0 unspecified atom stereocenters. The number of aromatic nitrogens is 2. The molecule has 1 N–H and O–H groups in total. The monoisotopic (exact) mass is 281 g/mol. The number of rotatable bonds is 6. The molecule has 1 heterocycles. The molecule has 1 aromatic heterocycles. The van der Waals surface area contributed by atoms with Gasteiger partial charge in [0.15, 0.2) is 4.34 Å². The Balaban J connectivity index is 2.12. The minimum Gasteiger partial charge on any atom is -0.492 e. The van der Waals surface area contributed by atoms with Gasteiger partial charge in [-0.05, 0) is 24.8 Å². The van der Waals surface area contributed by atoms with Crippen LogP contribution in [0.5, 0.6) is 5.75 Å². The molecule has 1 aromatic carbocycles. The number of hydrogen-bond acceptors (Lipinski definition) is 6. The molecular formula is C12H15N3OS2. The maximum atomic E-state index is 5.55. The van der Waals surface area contributed by atoms with Crippen molar-refractivity contribution in [3.8, 4) is 5.75 Å². The van der Waals surface area contributed by atoms with Crippen molar-refractivity contribution in [3.05, 3.63) is 24.3 Å². The van der Waals surface area contributed by atoms with Gasteiger partial charge < -0.3 is 10.1 Å². The Bertz CT molecular complexity index is 502. The summed E-state index contributed by atoms with van der Waals surface area (Å²) in [5, 5.41) is 12.3. The SMILES string of the molecule is CCOc1ccccc1Nc1nnc(SCC)s1. The molecule has 0 saturated carbocycles. The fourth-order valence-electron chi connectivity index (χ4n) is 1.41. The highest BCUT2D eigenvalue weighted by atomic mass is 32.2. The summed E-state index contributed by atoms with van der Waals surface area (Å²) >= 11 is 3.25. The van der Waals surface area contributed by atoms with E-state index in [1.807, 2.05) is 31.2 Å².